The van der Waals surface area contributed by atoms with Crippen molar-refractivity contribution in [3.63, 3.8) is 0 Å². The van der Waals surface area contributed by atoms with Gasteiger partial charge in [-0.15, -0.1) is 0 Å². The molecule has 0 bridgehead atoms. The van der Waals surface area contributed by atoms with E-state index >= 15 is 0 Å². The van der Waals surface area contributed by atoms with E-state index in [4.69, 9.17) is 4.74 Å². The predicted molar refractivity (Wildman–Crippen MR) is 91.2 cm³/mol. The number of rotatable bonds is 6. The number of hydrogen-bond donors (Lipinski definition) is 1. The van der Waals surface area contributed by atoms with Crippen LogP contribution >= 0.6 is 0 Å². The van der Waals surface area contributed by atoms with E-state index in [-0.39, 0.29) is 12.1 Å². The lowest BCUT2D eigenvalue weighted by molar-refractivity contribution is -0.159. The van der Waals surface area contributed by atoms with Gasteiger partial charge in [0.05, 0.1) is 11.8 Å². The first-order valence-electron chi connectivity index (χ1n) is 8.78. The monoisotopic (exact) mass is 421 g/mol. The average Bonchev–Trinajstić information content (AvgIpc) is 3.13. The Labute approximate surface area is 162 Å². The lowest BCUT2D eigenvalue weighted by Gasteiger charge is -2.18. The van der Waals surface area contributed by atoms with Crippen LogP contribution in [0.15, 0.2) is 30.5 Å². The van der Waals surface area contributed by atoms with E-state index in [1.807, 2.05) is 0 Å². The highest BCUT2D eigenvalue weighted by Crippen LogP contribution is 2.37. The summed E-state index contributed by atoms with van der Waals surface area (Å²) < 4.78 is 86.4. The Balaban J connectivity index is 1.84. The zero-order chi connectivity index (χ0) is 21.1. The van der Waals surface area contributed by atoms with E-state index in [1.54, 1.807) is 24.3 Å². The van der Waals surface area contributed by atoms with E-state index in [0.717, 1.165) is 25.7 Å². The third-order valence-electron chi connectivity index (χ3n) is 4.16. The number of hydrogen-bond acceptors (Lipinski definition) is 5. The standard InChI is InChI=1S/C18H17F6N3O2/c19-17(20,21)10-28-15-12(18(22,23)24)9-25-16(27-15)26-13-7-3-4-8-14(13)29-11-5-1-2-6-11/h3-4,7-9,11H,1-2,5-6,10H2,(H,25,26,27). The number of nitrogens with one attached hydrogen (secondary N) is 1. The Morgan fingerprint density at radius 3 is 2.38 bits per heavy atom. The summed E-state index contributed by atoms with van der Waals surface area (Å²) in [6.45, 7) is -1.91. The molecular weight excluding hydrogens is 404 g/mol. The van der Waals surface area contributed by atoms with Crippen LogP contribution in [0.4, 0.5) is 38.0 Å². The van der Waals surface area contributed by atoms with Crippen LogP contribution in [0.1, 0.15) is 31.2 Å². The largest absolute Gasteiger partial charge is 0.488 e. The highest BCUT2D eigenvalue weighted by atomic mass is 19.4. The number of aromatic nitrogens is 2. The summed E-state index contributed by atoms with van der Waals surface area (Å²) in [4.78, 5) is 7.05. The van der Waals surface area contributed by atoms with Crippen molar-refractivity contribution in [1.29, 1.82) is 0 Å². The van der Waals surface area contributed by atoms with Gasteiger partial charge in [0.2, 0.25) is 11.8 Å². The van der Waals surface area contributed by atoms with Gasteiger partial charge in [-0.3, -0.25) is 0 Å². The van der Waals surface area contributed by atoms with Gasteiger partial charge in [0.1, 0.15) is 11.3 Å². The molecule has 0 spiro atoms. The van der Waals surface area contributed by atoms with Crippen LogP contribution in [0.3, 0.4) is 0 Å². The summed E-state index contributed by atoms with van der Waals surface area (Å²) in [5.74, 6) is -1.11. The highest BCUT2D eigenvalue weighted by Gasteiger charge is 2.38. The van der Waals surface area contributed by atoms with E-state index in [9.17, 15) is 26.3 Å². The molecule has 1 fully saturated rings. The molecule has 1 heterocycles. The van der Waals surface area contributed by atoms with E-state index in [2.05, 4.69) is 20.0 Å². The Bertz CT molecular complexity index is 835. The Morgan fingerprint density at radius 1 is 1.03 bits per heavy atom. The molecule has 1 N–H and O–H groups in total. The molecule has 0 unspecified atom stereocenters. The van der Waals surface area contributed by atoms with Gasteiger partial charge in [-0.05, 0) is 37.8 Å². The van der Waals surface area contributed by atoms with Crippen molar-refractivity contribution >= 4 is 11.6 Å². The SMILES string of the molecule is FC(F)(F)COc1nc(Nc2ccccc2OC2CCCC2)ncc1C(F)(F)F. The maximum Gasteiger partial charge on any atom is 0.423 e. The number of benzene rings is 1. The first kappa shape index (κ1) is 21.0. The van der Waals surface area contributed by atoms with Crippen LogP contribution in [0.5, 0.6) is 11.6 Å². The summed E-state index contributed by atoms with van der Waals surface area (Å²) in [5, 5.41) is 2.69. The van der Waals surface area contributed by atoms with Crippen LogP contribution < -0.4 is 14.8 Å². The van der Waals surface area contributed by atoms with Crippen LogP contribution in [0.25, 0.3) is 0 Å². The molecule has 2 aromatic rings. The first-order chi connectivity index (χ1) is 13.6. The molecule has 1 saturated carbocycles. The predicted octanol–water partition coefficient (Wildman–Crippen LogP) is 5.50. The minimum Gasteiger partial charge on any atom is -0.488 e. The van der Waals surface area contributed by atoms with Gasteiger partial charge in [0, 0.05) is 6.20 Å². The summed E-state index contributed by atoms with van der Waals surface area (Å²) in [5.41, 5.74) is -1.12. The smallest absolute Gasteiger partial charge is 0.423 e. The van der Waals surface area contributed by atoms with Gasteiger partial charge in [-0.25, -0.2) is 4.98 Å². The van der Waals surface area contributed by atoms with Gasteiger partial charge in [-0.2, -0.15) is 31.3 Å². The maximum absolute atomic E-state index is 13.0. The number of halogens is 6. The summed E-state index contributed by atoms with van der Waals surface area (Å²) in [6, 6.07) is 6.66. The van der Waals surface area contributed by atoms with Gasteiger partial charge < -0.3 is 14.8 Å². The number of para-hydroxylation sites is 2. The Kier molecular flexibility index (Phi) is 6.04. The molecular formula is C18H17F6N3O2. The lowest BCUT2D eigenvalue weighted by Crippen LogP contribution is -2.22. The zero-order valence-electron chi connectivity index (χ0n) is 15.0. The average molecular weight is 421 g/mol. The molecule has 3 rings (SSSR count). The topological polar surface area (TPSA) is 56.3 Å². The molecule has 5 nitrogen and oxygen atoms in total. The number of nitrogens with zero attached hydrogens (tertiary/aromatic N) is 2. The summed E-state index contributed by atoms with van der Waals surface area (Å²) in [6.07, 6.45) is -5.52. The molecule has 0 aliphatic heterocycles. The molecule has 158 valence electrons. The molecule has 0 atom stereocenters. The first-order valence-corrected chi connectivity index (χ1v) is 8.78. The molecule has 1 aliphatic carbocycles. The van der Waals surface area contributed by atoms with Crippen molar-refractivity contribution in [3.8, 4) is 11.6 Å². The molecule has 1 aliphatic rings. The molecule has 1 aromatic heterocycles. The van der Waals surface area contributed by atoms with Crippen molar-refractivity contribution in [1.82, 2.24) is 9.97 Å². The van der Waals surface area contributed by atoms with E-state index < -0.39 is 30.4 Å². The van der Waals surface area contributed by atoms with Crippen LogP contribution in [-0.2, 0) is 6.18 Å². The van der Waals surface area contributed by atoms with Gasteiger partial charge >= 0.3 is 12.4 Å². The van der Waals surface area contributed by atoms with E-state index in [1.165, 1.54) is 0 Å². The minimum atomic E-state index is -4.97. The fourth-order valence-electron chi connectivity index (χ4n) is 2.86. The van der Waals surface area contributed by atoms with Gasteiger partial charge in [0.15, 0.2) is 6.61 Å². The third kappa shape index (κ3) is 5.88. The fourth-order valence-corrected chi connectivity index (χ4v) is 2.86. The third-order valence-corrected chi connectivity index (χ3v) is 4.16. The number of alkyl halides is 6. The second kappa shape index (κ2) is 8.34. The molecule has 0 saturated heterocycles. The zero-order valence-corrected chi connectivity index (χ0v) is 15.0. The number of anilines is 2. The molecule has 11 heteroatoms. The summed E-state index contributed by atoms with van der Waals surface area (Å²) in [7, 11) is 0. The molecule has 0 radical (unpaired) electrons. The minimum absolute atomic E-state index is 0.0251. The Hall–Kier alpha value is -2.72. The van der Waals surface area contributed by atoms with Crippen molar-refractivity contribution < 1.29 is 35.8 Å². The quantitative estimate of drug-likeness (QED) is 0.624. The fraction of sp³-hybridized carbons (Fsp3) is 0.444. The lowest BCUT2D eigenvalue weighted by atomic mass is 10.2. The van der Waals surface area contributed by atoms with E-state index in [0.29, 0.717) is 17.6 Å². The van der Waals surface area contributed by atoms with Crippen molar-refractivity contribution in [3.05, 3.63) is 36.0 Å². The normalized spacial score (nSPS) is 15.4. The second-order valence-corrected chi connectivity index (χ2v) is 6.46. The van der Waals surface area contributed by atoms with Crippen LogP contribution in [-0.4, -0.2) is 28.9 Å². The summed E-state index contributed by atoms with van der Waals surface area (Å²) >= 11 is 0. The number of ether oxygens (including phenoxy) is 2. The molecule has 0 amide bonds. The van der Waals surface area contributed by atoms with Gasteiger partial charge in [0.25, 0.3) is 0 Å². The van der Waals surface area contributed by atoms with Crippen molar-refractivity contribution in [2.45, 2.75) is 44.1 Å². The van der Waals surface area contributed by atoms with Crippen molar-refractivity contribution in [2.24, 2.45) is 0 Å². The van der Waals surface area contributed by atoms with Crippen molar-refractivity contribution in [2.75, 3.05) is 11.9 Å². The van der Waals surface area contributed by atoms with Crippen LogP contribution in [0.2, 0.25) is 0 Å². The highest BCUT2D eigenvalue weighted by molar-refractivity contribution is 5.62. The molecule has 1 aromatic carbocycles. The molecule has 29 heavy (non-hydrogen) atoms. The maximum atomic E-state index is 13.0. The Morgan fingerprint density at radius 2 is 1.72 bits per heavy atom. The van der Waals surface area contributed by atoms with Gasteiger partial charge in [-0.1, -0.05) is 12.1 Å². The van der Waals surface area contributed by atoms with Crippen LogP contribution in [0, 0.1) is 0 Å². The second-order valence-electron chi connectivity index (χ2n) is 6.46.